The van der Waals surface area contributed by atoms with Crippen molar-refractivity contribution in [2.45, 2.75) is 14.9 Å². The van der Waals surface area contributed by atoms with Gasteiger partial charge in [0.1, 0.15) is 0 Å². The predicted octanol–water partition coefficient (Wildman–Crippen LogP) is 4.25. The minimum Gasteiger partial charge on any atom is -0.359 e. The zero-order valence-electron chi connectivity index (χ0n) is 12.5. The SMILES string of the molecule is CS(=O)(=O)c1c[nH]c2c(Sc3nc4cc(Cl)ccc4[nH]3)cccc12. The van der Waals surface area contributed by atoms with Crippen molar-refractivity contribution < 1.29 is 8.42 Å². The van der Waals surface area contributed by atoms with Gasteiger partial charge in [0, 0.05) is 27.8 Å². The third-order valence-corrected chi connectivity index (χ3v) is 5.99. The second kappa shape index (κ2) is 5.54. The molecule has 2 aromatic carbocycles. The molecule has 0 saturated heterocycles. The number of H-pyrrole nitrogens is 2. The Bertz CT molecular complexity index is 1180. The van der Waals surface area contributed by atoms with Crippen molar-refractivity contribution in [2.24, 2.45) is 0 Å². The van der Waals surface area contributed by atoms with Gasteiger partial charge in [-0.3, -0.25) is 0 Å². The average molecular weight is 378 g/mol. The van der Waals surface area contributed by atoms with Gasteiger partial charge in [-0.2, -0.15) is 0 Å². The minimum absolute atomic E-state index is 0.302. The van der Waals surface area contributed by atoms with E-state index in [9.17, 15) is 8.42 Å². The van der Waals surface area contributed by atoms with Gasteiger partial charge in [-0.05, 0) is 36.0 Å². The van der Waals surface area contributed by atoms with Gasteiger partial charge in [0.15, 0.2) is 15.0 Å². The van der Waals surface area contributed by atoms with E-state index in [1.165, 1.54) is 24.2 Å². The van der Waals surface area contributed by atoms with Gasteiger partial charge >= 0.3 is 0 Å². The molecule has 24 heavy (non-hydrogen) atoms. The van der Waals surface area contributed by atoms with Gasteiger partial charge in [0.2, 0.25) is 0 Å². The first kappa shape index (κ1) is 15.6. The van der Waals surface area contributed by atoms with Crippen molar-refractivity contribution in [3.05, 3.63) is 47.6 Å². The molecule has 4 rings (SSSR count). The quantitative estimate of drug-likeness (QED) is 0.559. The largest absolute Gasteiger partial charge is 0.359 e. The standard InChI is InChI=1S/C16H12ClN3O2S2/c1-24(21,22)14-8-18-15-10(14)3-2-4-13(15)23-16-19-11-6-5-9(17)7-12(11)20-16/h2-8,18H,1H3,(H,19,20). The van der Waals surface area contributed by atoms with Crippen LogP contribution in [0.4, 0.5) is 0 Å². The van der Waals surface area contributed by atoms with E-state index in [-0.39, 0.29) is 0 Å². The molecule has 0 aliphatic carbocycles. The molecule has 0 aliphatic rings. The summed E-state index contributed by atoms with van der Waals surface area (Å²) in [5.74, 6) is 0. The summed E-state index contributed by atoms with van der Waals surface area (Å²) in [6, 6.07) is 11.0. The Morgan fingerprint density at radius 2 is 2.04 bits per heavy atom. The van der Waals surface area contributed by atoms with Crippen molar-refractivity contribution >= 4 is 55.1 Å². The van der Waals surface area contributed by atoms with Crippen LogP contribution >= 0.6 is 23.4 Å². The third-order valence-electron chi connectivity index (χ3n) is 3.67. The van der Waals surface area contributed by atoms with E-state index in [0.29, 0.717) is 15.3 Å². The number of nitrogens with zero attached hydrogens (tertiary/aromatic N) is 1. The van der Waals surface area contributed by atoms with Crippen molar-refractivity contribution in [3.63, 3.8) is 0 Å². The summed E-state index contributed by atoms with van der Waals surface area (Å²) in [7, 11) is -3.28. The van der Waals surface area contributed by atoms with Crippen LogP contribution in [0.3, 0.4) is 0 Å². The van der Waals surface area contributed by atoms with Crippen LogP contribution < -0.4 is 0 Å². The number of hydrogen-bond donors (Lipinski definition) is 2. The Kier molecular flexibility index (Phi) is 3.59. The lowest BCUT2D eigenvalue weighted by Crippen LogP contribution is -1.94. The normalized spacial score (nSPS) is 12.2. The van der Waals surface area contributed by atoms with Gasteiger partial charge < -0.3 is 9.97 Å². The number of imidazole rings is 1. The van der Waals surface area contributed by atoms with Gasteiger partial charge in [-0.15, -0.1) is 0 Å². The van der Waals surface area contributed by atoms with Crippen LogP contribution in [-0.2, 0) is 9.84 Å². The Morgan fingerprint density at radius 1 is 1.21 bits per heavy atom. The Morgan fingerprint density at radius 3 is 2.83 bits per heavy atom. The topological polar surface area (TPSA) is 78.6 Å². The first-order valence-corrected chi connectivity index (χ1v) is 10.1. The van der Waals surface area contributed by atoms with Crippen molar-refractivity contribution in [1.82, 2.24) is 15.0 Å². The van der Waals surface area contributed by atoms with E-state index in [1.807, 2.05) is 18.2 Å². The number of rotatable bonds is 3. The summed E-state index contributed by atoms with van der Waals surface area (Å²) in [5, 5.41) is 2.03. The fourth-order valence-corrected chi connectivity index (χ4v) is 4.54. The molecule has 122 valence electrons. The van der Waals surface area contributed by atoms with Gasteiger partial charge in [-0.25, -0.2) is 13.4 Å². The molecule has 0 atom stereocenters. The number of fused-ring (bicyclic) bond motifs is 2. The number of aromatic nitrogens is 3. The fraction of sp³-hybridized carbons (Fsp3) is 0.0625. The minimum atomic E-state index is -3.28. The average Bonchev–Trinajstić information content (AvgIpc) is 3.10. The fourth-order valence-electron chi connectivity index (χ4n) is 2.60. The monoisotopic (exact) mass is 377 g/mol. The maximum absolute atomic E-state index is 11.9. The highest BCUT2D eigenvalue weighted by molar-refractivity contribution is 7.99. The van der Waals surface area contributed by atoms with Crippen LogP contribution in [0.1, 0.15) is 0 Å². The van der Waals surface area contributed by atoms with Crippen LogP contribution in [0.5, 0.6) is 0 Å². The maximum Gasteiger partial charge on any atom is 0.177 e. The highest BCUT2D eigenvalue weighted by Gasteiger charge is 2.16. The second-order valence-electron chi connectivity index (χ2n) is 5.41. The molecule has 0 fully saturated rings. The molecule has 0 unspecified atom stereocenters. The molecule has 0 radical (unpaired) electrons. The summed E-state index contributed by atoms with van der Waals surface area (Å²) in [5.41, 5.74) is 2.47. The Labute approximate surface area is 147 Å². The zero-order valence-corrected chi connectivity index (χ0v) is 14.9. The highest BCUT2D eigenvalue weighted by atomic mass is 35.5. The number of benzene rings is 2. The van der Waals surface area contributed by atoms with Crippen molar-refractivity contribution in [3.8, 4) is 0 Å². The third kappa shape index (κ3) is 2.68. The second-order valence-corrected chi connectivity index (χ2v) is 8.86. The lowest BCUT2D eigenvalue weighted by molar-refractivity contribution is 0.602. The maximum atomic E-state index is 11.9. The number of sulfone groups is 1. The molecule has 0 amide bonds. The summed E-state index contributed by atoms with van der Waals surface area (Å²) in [6.07, 6.45) is 2.74. The molecular weight excluding hydrogens is 366 g/mol. The molecule has 2 aromatic heterocycles. The van der Waals surface area contributed by atoms with Crippen LogP contribution in [-0.4, -0.2) is 29.6 Å². The van der Waals surface area contributed by atoms with E-state index in [4.69, 9.17) is 11.6 Å². The molecule has 0 bridgehead atoms. The van der Waals surface area contributed by atoms with Crippen molar-refractivity contribution in [1.29, 1.82) is 0 Å². The van der Waals surface area contributed by atoms with Crippen LogP contribution in [0.15, 0.2) is 57.5 Å². The molecule has 2 heterocycles. The number of hydrogen-bond acceptors (Lipinski definition) is 4. The van der Waals surface area contributed by atoms with Crippen LogP contribution in [0.2, 0.25) is 5.02 Å². The van der Waals surface area contributed by atoms with Gasteiger partial charge in [-0.1, -0.05) is 23.7 Å². The van der Waals surface area contributed by atoms with E-state index >= 15 is 0 Å². The lowest BCUT2D eigenvalue weighted by atomic mass is 10.2. The molecule has 0 aliphatic heterocycles. The Hall–Kier alpha value is -1.96. The number of aromatic amines is 2. The highest BCUT2D eigenvalue weighted by Crippen LogP contribution is 2.35. The van der Waals surface area contributed by atoms with Gasteiger partial charge in [0.05, 0.1) is 21.4 Å². The summed E-state index contributed by atoms with van der Waals surface area (Å²) in [4.78, 5) is 12.0. The molecular formula is C16H12ClN3O2S2. The van der Waals surface area contributed by atoms with E-state index in [0.717, 1.165) is 26.6 Å². The smallest absolute Gasteiger partial charge is 0.177 e. The first-order chi connectivity index (χ1) is 11.4. The predicted molar refractivity (Wildman–Crippen MR) is 96.6 cm³/mol. The molecule has 2 N–H and O–H groups in total. The number of halogens is 1. The van der Waals surface area contributed by atoms with E-state index in [1.54, 1.807) is 18.2 Å². The van der Waals surface area contributed by atoms with E-state index in [2.05, 4.69) is 15.0 Å². The molecule has 0 saturated carbocycles. The van der Waals surface area contributed by atoms with Gasteiger partial charge in [0.25, 0.3) is 0 Å². The lowest BCUT2D eigenvalue weighted by Gasteiger charge is -2.01. The Balaban J connectivity index is 1.80. The number of para-hydroxylation sites is 1. The van der Waals surface area contributed by atoms with E-state index < -0.39 is 9.84 Å². The molecule has 0 spiro atoms. The first-order valence-electron chi connectivity index (χ1n) is 7.05. The summed E-state index contributed by atoms with van der Waals surface area (Å²) < 4.78 is 23.7. The molecule has 5 nitrogen and oxygen atoms in total. The van der Waals surface area contributed by atoms with Crippen LogP contribution in [0.25, 0.3) is 21.9 Å². The number of nitrogens with one attached hydrogen (secondary N) is 2. The zero-order chi connectivity index (χ0) is 16.9. The van der Waals surface area contributed by atoms with Crippen LogP contribution in [0, 0.1) is 0 Å². The molecule has 4 aromatic rings. The van der Waals surface area contributed by atoms with Crippen molar-refractivity contribution in [2.75, 3.05) is 6.26 Å². The molecule has 8 heteroatoms. The summed E-state index contributed by atoms with van der Waals surface area (Å²) in [6.45, 7) is 0. The summed E-state index contributed by atoms with van der Waals surface area (Å²) >= 11 is 7.43.